The molecule has 14 heavy (non-hydrogen) atoms. The number of anilines is 1. The maximum atomic E-state index is 8.78. The summed E-state index contributed by atoms with van der Waals surface area (Å²) in [7, 11) is 1.89. The largest absolute Gasteiger partial charge is 0.395 e. The molecule has 74 valence electrons. The molecule has 2 aromatic heterocycles. The van der Waals surface area contributed by atoms with Crippen LogP contribution in [0.4, 0.5) is 5.82 Å². The number of likely N-dealkylation sites (N-methyl/N-ethyl adjacent to an activating group) is 1. The molecule has 1 N–H and O–H groups in total. The van der Waals surface area contributed by atoms with Crippen molar-refractivity contribution >= 4 is 11.5 Å². The van der Waals surface area contributed by atoms with Crippen LogP contribution in [0, 0.1) is 0 Å². The van der Waals surface area contributed by atoms with Gasteiger partial charge in [-0.25, -0.2) is 9.50 Å². The molecule has 0 unspecified atom stereocenters. The van der Waals surface area contributed by atoms with Crippen molar-refractivity contribution in [1.82, 2.24) is 14.6 Å². The summed E-state index contributed by atoms with van der Waals surface area (Å²) in [5.41, 5.74) is 0.812. The molecule has 0 aliphatic rings. The van der Waals surface area contributed by atoms with E-state index in [0.717, 1.165) is 11.5 Å². The zero-order valence-corrected chi connectivity index (χ0v) is 7.96. The summed E-state index contributed by atoms with van der Waals surface area (Å²) < 4.78 is 1.70. The number of nitrogens with zero attached hydrogens (tertiary/aromatic N) is 4. The van der Waals surface area contributed by atoms with Crippen LogP contribution in [0.25, 0.3) is 5.65 Å². The Morgan fingerprint density at radius 2 is 2.36 bits per heavy atom. The molecule has 2 aromatic rings. The third-order valence-electron chi connectivity index (χ3n) is 2.07. The van der Waals surface area contributed by atoms with E-state index in [9.17, 15) is 0 Å². The number of fused-ring (bicyclic) bond motifs is 1. The quantitative estimate of drug-likeness (QED) is 0.752. The van der Waals surface area contributed by atoms with Gasteiger partial charge in [0.25, 0.3) is 0 Å². The van der Waals surface area contributed by atoms with Crippen molar-refractivity contribution in [2.24, 2.45) is 0 Å². The molecular weight excluding hydrogens is 180 g/mol. The fourth-order valence-electron chi connectivity index (χ4n) is 1.28. The molecule has 0 aliphatic heterocycles. The highest BCUT2D eigenvalue weighted by molar-refractivity contribution is 5.46. The van der Waals surface area contributed by atoms with Gasteiger partial charge in [-0.15, -0.1) is 0 Å². The fraction of sp³-hybridized carbons (Fsp3) is 0.333. The first kappa shape index (κ1) is 8.96. The van der Waals surface area contributed by atoms with Gasteiger partial charge in [-0.1, -0.05) is 0 Å². The molecule has 0 fully saturated rings. The summed E-state index contributed by atoms with van der Waals surface area (Å²) in [5.74, 6) is 0.840. The summed E-state index contributed by atoms with van der Waals surface area (Å²) in [4.78, 5) is 6.26. The number of rotatable bonds is 3. The Morgan fingerprint density at radius 3 is 3.14 bits per heavy atom. The first-order chi connectivity index (χ1) is 6.81. The van der Waals surface area contributed by atoms with Crippen molar-refractivity contribution < 1.29 is 5.11 Å². The highest BCUT2D eigenvalue weighted by Crippen LogP contribution is 2.09. The van der Waals surface area contributed by atoms with Crippen LogP contribution in [0.1, 0.15) is 0 Å². The van der Waals surface area contributed by atoms with E-state index >= 15 is 0 Å². The molecule has 2 rings (SSSR count). The van der Waals surface area contributed by atoms with Crippen LogP contribution in [0.15, 0.2) is 24.5 Å². The van der Waals surface area contributed by atoms with E-state index in [2.05, 4.69) is 10.1 Å². The molecule has 2 heterocycles. The van der Waals surface area contributed by atoms with Gasteiger partial charge in [-0.3, -0.25) is 0 Å². The lowest BCUT2D eigenvalue weighted by Crippen LogP contribution is -2.22. The molecule has 0 bridgehead atoms. The van der Waals surface area contributed by atoms with Crippen LogP contribution in [0.2, 0.25) is 0 Å². The molecule has 5 nitrogen and oxygen atoms in total. The van der Waals surface area contributed by atoms with Crippen LogP contribution >= 0.6 is 0 Å². The van der Waals surface area contributed by atoms with Gasteiger partial charge in [0, 0.05) is 25.9 Å². The van der Waals surface area contributed by atoms with Gasteiger partial charge in [0.1, 0.15) is 5.82 Å². The van der Waals surface area contributed by atoms with Gasteiger partial charge >= 0.3 is 0 Å². The maximum Gasteiger partial charge on any atom is 0.157 e. The van der Waals surface area contributed by atoms with E-state index in [4.69, 9.17) is 5.11 Å². The molecule has 0 aromatic carbocycles. The Balaban J connectivity index is 2.33. The summed E-state index contributed by atoms with van der Waals surface area (Å²) in [5, 5.41) is 12.8. The SMILES string of the molecule is CN(CCO)c1ccn2nccc2n1. The van der Waals surface area contributed by atoms with Crippen molar-refractivity contribution in [1.29, 1.82) is 0 Å². The summed E-state index contributed by atoms with van der Waals surface area (Å²) in [6.45, 7) is 0.708. The Hall–Kier alpha value is -1.62. The van der Waals surface area contributed by atoms with Crippen molar-refractivity contribution in [3.8, 4) is 0 Å². The van der Waals surface area contributed by atoms with Crippen molar-refractivity contribution in [2.45, 2.75) is 0 Å². The lowest BCUT2D eigenvalue weighted by atomic mass is 10.5. The zero-order chi connectivity index (χ0) is 9.97. The van der Waals surface area contributed by atoms with Gasteiger partial charge in [-0.05, 0) is 6.07 Å². The standard InChI is InChI=1S/C9H12N4O/c1-12(6-7-14)8-3-5-13-9(11-8)2-4-10-13/h2-5,14H,6-7H2,1H3. The van der Waals surface area contributed by atoms with Crippen LogP contribution in [0.3, 0.4) is 0 Å². The van der Waals surface area contributed by atoms with Crippen LogP contribution in [0.5, 0.6) is 0 Å². The van der Waals surface area contributed by atoms with Crippen molar-refractivity contribution in [3.63, 3.8) is 0 Å². The molecule has 0 saturated heterocycles. The summed E-state index contributed by atoms with van der Waals surface area (Å²) >= 11 is 0. The number of hydrogen-bond acceptors (Lipinski definition) is 4. The minimum atomic E-state index is 0.128. The maximum absolute atomic E-state index is 8.78. The molecule has 0 saturated carbocycles. The Morgan fingerprint density at radius 1 is 1.50 bits per heavy atom. The monoisotopic (exact) mass is 192 g/mol. The normalized spacial score (nSPS) is 10.7. The van der Waals surface area contributed by atoms with Crippen molar-refractivity contribution in [3.05, 3.63) is 24.5 Å². The average molecular weight is 192 g/mol. The van der Waals surface area contributed by atoms with Gasteiger partial charge < -0.3 is 10.0 Å². The number of aliphatic hydroxyl groups is 1. The molecule has 0 amide bonds. The Labute approximate surface area is 81.6 Å². The fourth-order valence-corrected chi connectivity index (χ4v) is 1.28. The second kappa shape index (κ2) is 3.63. The van der Waals surface area contributed by atoms with E-state index < -0.39 is 0 Å². The highest BCUT2D eigenvalue weighted by Gasteiger charge is 2.02. The molecule has 0 radical (unpaired) electrons. The van der Waals surface area contributed by atoms with E-state index in [-0.39, 0.29) is 6.61 Å². The number of aromatic nitrogens is 3. The molecule has 5 heteroatoms. The van der Waals surface area contributed by atoms with Gasteiger partial charge in [0.15, 0.2) is 5.65 Å². The molecule has 0 atom stereocenters. The van der Waals surface area contributed by atoms with Crippen LogP contribution < -0.4 is 4.90 Å². The molecular formula is C9H12N4O. The number of hydrogen-bond donors (Lipinski definition) is 1. The molecule has 0 spiro atoms. The van der Waals surface area contributed by atoms with E-state index in [1.54, 1.807) is 10.7 Å². The second-order valence-electron chi connectivity index (χ2n) is 3.06. The van der Waals surface area contributed by atoms with E-state index in [0.29, 0.717) is 6.54 Å². The summed E-state index contributed by atoms with van der Waals surface area (Å²) in [6.07, 6.45) is 3.56. The second-order valence-corrected chi connectivity index (χ2v) is 3.06. The van der Waals surface area contributed by atoms with Crippen LogP contribution in [-0.2, 0) is 0 Å². The molecule has 0 aliphatic carbocycles. The zero-order valence-electron chi connectivity index (χ0n) is 7.96. The first-order valence-electron chi connectivity index (χ1n) is 4.43. The van der Waals surface area contributed by atoms with E-state index in [1.807, 2.05) is 30.3 Å². The minimum absolute atomic E-state index is 0.128. The smallest absolute Gasteiger partial charge is 0.157 e. The predicted molar refractivity (Wildman–Crippen MR) is 53.3 cm³/mol. The third-order valence-corrected chi connectivity index (χ3v) is 2.07. The third kappa shape index (κ3) is 1.54. The average Bonchev–Trinajstić information content (AvgIpc) is 2.64. The van der Waals surface area contributed by atoms with Crippen molar-refractivity contribution in [2.75, 3.05) is 25.1 Å². The van der Waals surface area contributed by atoms with Crippen LogP contribution in [-0.4, -0.2) is 39.9 Å². The highest BCUT2D eigenvalue weighted by atomic mass is 16.3. The predicted octanol–water partition coefficient (Wildman–Crippen LogP) is 0.158. The van der Waals surface area contributed by atoms with Gasteiger partial charge in [0.05, 0.1) is 12.8 Å². The Kier molecular flexibility index (Phi) is 2.32. The summed E-state index contributed by atoms with van der Waals surface area (Å²) in [6, 6.07) is 3.71. The van der Waals surface area contributed by atoms with E-state index in [1.165, 1.54) is 0 Å². The Bertz CT molecular complexity index is 425. The minimum Gasteiger partial charge on any atom is -0.395 e. The first-order valence-corrected chi connectivity index (χ1v) is 4.43. The van der Waals surface area contributed by atoms with Gasteiger partial charge in [0.2, 0.25) is 0 Å². The number of aliphatic hydroxyl groups excluding tert-OH is 1. The lowest BCUT2D eigenvalue weighted by molar-refractivity contribution is 0.304. The lowest BCUT2D eigenvalue weighted by Gasteiger charge is -2.16. The topological polar surface area (TPSA) is 53.7 Å². The van der Waals surface area contributed by atoms with Gasteiger partial charge in [-0.2, -0.15) is 5.10 Å².